The van der Waals surface area contributed by atoms with Crippen LogP contribution < -0.4 is 10.6 Å². The molecule has 0 spiro atoms. The first-order valence-corrected chi connectivity index (χ1v) is 8.85. The van der Waals surface area contributed by atoms with E-state index in [-0.39, 0.29) is 0 Å². The van der Waals surface area contributed by atoms with Crippen LogP contribution in [0, 0.1) is 0 Å². The molecule has 25 heavy (non-hydrogen) atoms. The van der Waals surface area contributed by atoms with Crippen molar-refractivity contribution in [1.29, 1.82) is 0 Å². The molecule has 4 heteroatoms. The lowest BCUT2D eigenvalue weighted by Crippen LogP contribution is -2.26. The maximum Gasteiger partial charge on any atom is 0.132 e. The van der Waals surface area contributed by atoms with Crippen LogP contribution in [0.2, 0.25) is 0 Å². The highest BCUT2D eigenvalue weighted by molar-refractivity contribution is 5.64. The zero-order valence-corrected chi connectivity index (χ0v) is 14.2. The normalized spacial score (nSPS) is 15.0. The van der Waals surface area contributed by atoms with Gasteiger partial charge in [-0.2, -0.15) is 0 Å². The Balaban J connectivity index is 1.58. The average molecular weight is 330 g/mol. The second-order valence-corrected chi connectivity index (χ2v) is 6.40. The van der Waals surface area contributed by atoms with Crippen LogP contribution in [0.1, 0.15) is 24.3 Å². The Morgan fingerprint density at radius 3 is 2.56 bits per heavy atom. The van der Waals surface area contributed by atoms with Gasteiger partial charge in [0.1, 0.15) is 11.6 Å². The summed E-state index contributed by atoms with van der Waals surface area (Å²) in [5.74, 6) is 2.26. The van der Waals surface area contributed by atoms with Crippen LogP contribution in [-0.2, 0) is 0 Å². The molecular formula is C21H22N4. The third-order valence-corrected chi connectivity index (χ3v) is 4.66. The summed E-state index contributed by atoms with van der Waals surface area (Å²) in [6, 6.07) is 20.7. The number of aromatic nitrogens is 2. The zero-order chi connectivity index (χ0) is 16.9. The number of piperidine rings is 1. The van der Waals surface area contributed by atoms with Gasteiger partial charge in [0.2, 0.25) is 0 Å². The second kappa shape index (κ2) is 7.45. The van der Waals surface area contributed by atoms with E-state index in [0.29, 0.717) is 5.92 Å². The Bertz CT molecular complexity index is 826. The number of rotatable bonds is 4. The minimum Gasteiger partial charge on any atom is -0.325 e. The van der Waals surface area contributed by atoms with Crippen molar-refractivity contribution in [2.45, 2.75) is 18.8 Å². The average Bonchev–Trinajstić information content (AvgIpc) is 2.70. The molecule has 0 bridgehead atoms. The van der Waals surface area contributed by atoms with E-state index in [1.54, 1.807) is 6.20 Å². The molecule has 2 aromatic heterocycles. The number of nitrogens with zero attached hydrogens (tertiary/aromatic N) is 2. The fourth-order valence-electron chi connectivity index (χ4n) is 3.34. The van der Waals surface area contributed by atoms with Gasteiger partial charge in [0.15, 0.2) is 0 Å². The lowest BCUT2D eigenvalue weighted by Gasteiger charge is -2.23. The highest BCUT2D eigenvalue weighted by atomic mass is 15.1. The van der Waals surface area contributed by atoms with Crippen molar-refractivity contribution in [2.75, 3.05) is 18.4 Å². The van der Waals surface area contributed by atoms with Crippen molar-refractivity contribution in [2.24, 2.45) is 0 Å². The minimum atomic E-state index is 0.649. The number of pyridine rings is 2. The standard InChI is InChI=1S/C21H22N4/c1-2-12-23-20(8-1)25-21-9-4-7-19(24-21)18-6-3-5-17(15-18)16-10-13-22-14-11-16/h1-9,12,15-16,22H,10-11,13-14H2,(H,23,24,25). The predicted octanol–water partition coefficient (Wildman–Crippen LogP) is 4.35. The molecule has 4 nitrogen and oxygen atoms in total. The number of hydrogen-bond acceptors (Lipinski definition) is 4. The van der Waals surface area contributed by atoms with Gasteiger partial charge in [0, 0.05) is 11.8 Å². The van der Waals surface area contributed by atoms with E-state index >= 15 is 0 Å². The van der Waals surface area contributed by atoms with E-state index in [2.05, 4.69) is 45.9 Å². The van der Waals surface area contributed by atoms with Crippen molar-refractivity contribution in [1.82, 2.24) is 15.3 Å². The van der Waals surface area contributed by atoms with E-state index in [1.165, 1.54) is 24.0 Å². The molecule has 0 amide bonds. The molecule has 1 saturated heterocycles. The third kappa shape index (κ3) is 3.86. The summed E-state index contributed by atoms with van der Waals surface area (Å²) in [6.07, 6.45) is 4.19. The predicted molar refractivity (Wildman–Crippen MR) is 102 cm³/mol. The Hall–Kier alpha value is -2.72. The molecule has 0 radical (unpaired) electrons. The molecule has 1 aliphatic heterocycles. The van der Waals surface area contributed by atoms with Crippen LogP contribution in [0.25, 0.3) is 11.3 Å². The van der Waals surface area contributed by atoms with Crippen molar-refractivity contribution in [3.8, 4) is 11.3 Å². The molecule has 1 aromatic carbocycles. The van der Waals surface area contributed by atoms with E-state index in [4.69, 9.17) is 4.98 Å². The van der Waals surface area contributed by atoms with E-state index in [0.717, 1.165) is 30.4 Å². The monoisotopic (exact) mass is 330 g/mol. The highest BCUT2D eigenvalue weighted by Crippen LogP contribution is 2.29. The topological polar surface area (TPSA) is 49.8 Å². The van der Waals surface area contributed by atoms with Gasteiger partial charge in [0.05, 0.1) is 5.69 Å². The van der Waals surface area contributed by atoms with Gasteiger partial charge in [-0.3, -0.25) is 0 Å². The van der Waals surface area contributed by atoms with E-state index < -0.39 is 0 Å². The number of anilines is 2. The van der Waals surface area contributed by atoms with Gasteiger partial charge in [-0.05, 0) is 67.7 Å². The van der Waals surface area contributed by atoms with Crippen LogP contribution in [0.4, 0.5) is 11.6 Å². The molecule has 0 atom stereocenters. The van der Waals surface area contributed by atoms with Crippen LogP contribution in [0.3, 0.4) is 0 Å². The largest absolute Gasteiger partial charge is 0.325 e. The number of benzene rings is 1. The van der Waals surface area contributed by atoms with Gasteiger partial charge >= 0.3 is 0 Å². The van der Waals surface area contributed by atoms with Crippen LogP contribution in [0.15, 0.2) is 66.9 Å². The molecule has 0 aliphatic carbocycles. The Kier molecular flexibility index (Phi) is 4.70. The van der Waals surface area contributed by atoms with Gasteiger partial charge in [-0.25, -0.2) is 9.97 Å². The summed E-state index contributed by atoms with van der Waals surface area (Å²) in [4.78, 5) is 9.06. The van der Waals surface area contributed by atoms with Gasteiger partial charge in [-0.15, -0.1) is 0 Å². The summed E-state index contributed by atoms with van der Waals surface area (Å²) in [5, 5.41) is 6.70. The van der Waals surface area contributed by atoms with Crippen molar-refractivity contribution < 1.29 is 0 Å². The van der Waals surface area contributed by atoms with Crippen LogP contribution in [-0.4, -0.2) is 23.1 Å². The van der Waals surface area contributed by atoms with E-state index in [9.17, 15) is 0 Å². The summed E-state index contributed by atoms with van der Waals surface area (Å²) < 4.78 is 0. The molecule has 4 rings (SSSR count). The molecule has 0 saturated carbocycles. The summed E-state index contributed by atoms with van der Waals surface area (Å²) in [7, 11) is 0. The third-order valence-electron chi connectivity index (χ3n) is 4.66. The highest BCUT2D eigenvalue weighted by Gasteiger charge is 2.15. The molecule has 3 heterocycles. The molecule has 1 fully saturated rings. The number of nitrogens with one attached hydrogen (secondary N) is 2. The lowest BCUT2D eigenvalue weighted by molar-refractivity contribution is 0.460. The van der Waals surface area contributed by atoms with Crippen LogP contribution >= 0.6 is 0 Å². The summed E-state index contributed by atoms with van der Waals surface area (Å²) in [5.41, 5.74) is 3.57. The van der Waals surface area contributed by atoms with Crippen LogP contribution in [0.5, 0.6) is 0 Å². The van der Waals surface area contributed by atoms with Crippen molar-refractivity contribution >= 4 is 11.6 Å². The van der Waals surface area contributed by atoms with Gasteiger partial charge in [0.25, 0.3) is 0 Å². The minimum absolute atomic E-state index is 0.649. The smallest absolute Gasteiger partial charge is 0.132 e. The molecule has 1 aliphatic rings. The molecule has 0 unspecified atom stereocenters. The number of hydrogen-bond donors (Lipinski definition) is 2. The fraction of sp³-hybridized carbons (Fsp3) is 0.238. The molecular weight excluding hydrogens is 308 g/mol. The Morgan fingerprint density at radius 2 is 1.72 bits per heavy atom. The molecule has 3 aromatic rings. The zero-order valence-electron chi connectivity index (χ0n) is 14.2. The Labute approximate surface area is 148 Å². The SMILES string of the molecule is c1ccc(Nc2cccc(-c3cccc(C4CCNCC4)c3)n2)nc1. The van der Waals surface area contributed by atoms with Gasteiger partial charge < -0.3 is 10.6 Å². The van der Waals surface area contributed by atoms with E-state index in [1.807, 2.05) is 30.3 Å². The summed E-state index contributed by atoms with van der Waals surface area (Å²) >= 11 is 0. The Morgan fingerprint density at radius 1 is 0.880 bits per heavy atom. The first-order valence-electron chi connectivity index (χ1n) is 8.85. The fourth-order valence-corrected chi connectivity index (χ4v) is 3.34. The van der Waals surface area contributed by atoms with Crippen molar-refractivity contribution in [3.05, 3.63) is 72.4 Å². The maximum atomic E-state index is 4.76. The molecule has 126 valence electrons. The van der Waals surface area contributed by atoms with Gasteiger partial charge in [-0.1, -0.05) is 30.3 Å². The molecule has 2 N–H and O–H groups in total. The quantitative estimate of drug-likeness (QED) is 0.746. The first-order chi connectivity index (χ1) is 12.4. The second-order valence-electron chi connectivity index (χ2n) is 6.40. The maximum absolute atomic E-state index is 4.76. The van der Waals surface area contributed by atoms with Crippen molar-refractivity contribution in [3.63, 3.8) is 0 Å². The summed E-state index contributed by atoms with van der Waals surface area (Å²) in [6.45, 7) is 2.22. The first kappa shape index (κ1) is 15.8. The lowest BCUT2D eigenvalue weighted by atomic mass is 9.89.